The number of hydrogen-bond acceptors (Lipinski definition) is 1. The van der Waals surface area contributed by atoms with Gasteiger partial charge in [-0.2, -0.15) is 0 Å². The lowest BCUT2D eigenvalue weighted by atomic mass is 9.92. The Kier molecular flexibility index (Phi) is 3.76. The van der Waals surface area contributed by atoms with Crippen molar-refractivity contribution >= 4 is 5.69 Å². The molecular weight excluding hydrogens is 206 g/mol. The zero-order valence-corrected chi connectivity index (χ0v) is 11.7. The molecule has 0 aromatic heterocycles. The lowest BCUT2D eigenvalue weighted by molar-refractivity contribution is 0.605. The molecule has 0 aliphatic carbocycles. The summed E-state index contributed by atoms with van der Waals surface area (Å²) in [5.41, 5.74) is 4.65. The summed E-state index contributed by atoms with van der Waals surface area (Å²) in [4.78, 5) is 2.59. The van der Waals surface area contributed by atoms with Crippen molar-refractivity contribution in [2.24, 2.45) is 5.92 Å². The Balaban J connectivity index is 2.41. The quantitative estimate of drug-likeness (QED) is 0.758. The van der Waals surface area contributed by atoms with E-state index < -0.39 is 0 Å². The molecule has 0 unspecified atom stereocenters. The minimum absolute atomic E-state index is 0.613. The lowest BCUT2D eigenvalue weighted by Gasteiger charge is -2.36. The first-order chi connectivity index (χ1) is 8.09. The van der Waals surface area contributed by atoms with Crippen molar-refractivity contribution < 1.29 is 0 Å². The maximum Gasteiger partial charge on any atom is 0.0433 e. The van der Waals surface area contributed by atoms with E-state index in [-0.39, 0.29) is 0 Å². The van der Waals surface area contributed by atoms with Crippen molar-refractivity contribution in [2.75, 3.05) is 11.4 Å². The minimum atomic E-state index is 0.613. The zero-order chi connectivity index (χ0) is 12.4. The molecule has 1 aromatic carbocycles. The average molecular weight is 231 g/mol. The Morgan fingerprint density at radius 3 is 2.59 bits per heavy atom. The number of benzene rings is 1. The predicted octanol–water partition coefficient (Wildman–Crippen LogP) is 4.05. The third kappa shape index (κ3) is 2.65. The van der Waals surface area contributed by atoms with E-state index in [4.69, 9.17) is 0 Å². The van der Waals surface area contributed by atoms with Gasteiger partial charge in [-0.15, -0.1) is 0 Å². The molecule has 0 amide bonds. The normalized spacial score (nSPS) is 15.5. The van der Waals surface area contributed by atoms with Gasteiger partial charge in [-0.05, 0) is 50.2 Å². The molecule has 0 saturated carbocycles. The fraction of sp³-hybridized carbons (Fsp3) is 0.625. The third-order valence-corrected chi connectivity index (χ3v) is 3.59. The highest BCUT2D eigenvalue weighted by Crippen LogP contribution is 2.33. The van der Waals surface area contributed by atoms with Crippen LogP contribution in [-0.4, -0.2) is 12.6 Å². The second-order valence-electron chi connectivity index (χ2n) is 5.91. The molecule has 0 N–H and O–H groups in total. The van der Waals surface area contributed by atoms with Gasteiger partial charge in [0, 0.05) is 18.3 Å². The van der Waals surface area contributed by atoms with Crippen LogP contribution in [0.15, 0.2) is 18.2 Å². The molecule has 0 saturated heterocycles. The van der Waals surface area contributed by atoms with E-state index in [1.165, 1.54) is 25.8 Å². The molecule has 1 heterocycles. The molecule has 2 rings (SSSR count). The molecule has 1 heteroatoms. The summed E-state index contributed by atoms with van der Waals surface area (Å²) in [5.74, 6) is 0.734. The topological polar surface area (TPSA) is 3.24 Å². The first kappa shape index (κ1) is 12.5. The second-order valence-corrected chi connectivity index (χ2v) is 5.91. The SMILES string of the molecule is CC(C)Cc1cccc2c1N(C(C)C)CCC2. The van der Waals surface area contributed by atoms with E-state index in [1.807, 2.05) is 0 Å². The van der Waals surface area contributed by atoms with Gasteiger partial charge in [0.2, 0.25) is 0 Å². The lowest BCUT2D eigenvalue weighted by Crippen LogP contribution is -2.36. The van der Waals surface area contributed by atoms with E-state index >= 15 is 0 Å². The first-order valence-corrected chi connectivity index (χ1v) is 6.97. The monoisotopic (exact) mass is 231 g/mol. The van der Waals surface area contributed by atoms with Crippen LogP contribution in [-0.2, 0) is 12.8 Å². The summed E-state index contributed by atoms with van der Waals surface area (Å²) in [6.07, 6.45) is 3.76. The number of aryl methyl sites for hydroxylation is 1. The summed E-state index contributed by atoms with van der Waals surface area (Å²) in [7, 11) is 0. The molecule has 0 spiro atoms. The van der Waals surface area contributed by atoms with Gasteiger partial charge in [0.05, 0.1) is 0 Å². The standard InChI is InChI=1S/C16H25N/c1-12(2)11-15-8-5-7-14-9-6-10-17(13(3)4)16(14)15/h5,7-8,12-13H,6,9-11H2,1-4H3. The Hall–Kier alpha value is -0.980. The number of para-hydroxylation sites is 1. The number of fused-ring (bicyclic) bond motifs is 1. The molecule has 1 aromatic rings. The van der Waals surface area contributed by atoms with Crippen LogP contribution in [0.1, 0.15) is 45.2 Å². The van der Waals surface area contributed by atoms with Crippen molar-refractivity contribution in [3.05, 3.63) is 29.3 Å². The summed E-state index contributed by atoms with van der Waals surface area (Å²) in [6.45, 7) is 10.5. The number of anilines is 1. The maximum atomic E-state index is 2.59. The molecule has 94 valence electrons. The fourth-order valence-electron chi connectivity index (χ4n) is 2.89. The van der Waals surface area contributed by atoms with E-state index in [1.54, 1.807) is 16.8 Å². The molecule has 0 radical (unpaired) electrons. The number of nitrogens with zero attached hydrogens (tertiary/aromatic N) is 1. The first-order valence-electron chi connectivity index (χ1n) is 6.97. The second kappa shape index (κ2) is 5.12. The largest absolute Gasteiger partial charge is 0.369 e. The number of hydrogen-bond donors (Lipinski definition) is 0. The van der Waals surface area contributed by atoms with Crippen LogP contribution in [0.25, 0.3) is 0 Å². The highest BCUT2D eigenvalue weighted by Gasteiger charge is 2.21. The van der Waals surface area contributed by atoms with Gasteiger partial charge in [0.1, 0.15) is 0 Å². The summed E-state index contributed by atoms with van der Waals surface area (Å²) >= 11 is 0. The van der Waals surface area contributed by atoms with Crippen LogP contribution in [0, 0.1) is 5.92 Å². The van der Waals surface area contributed by atoms with Crippen molar-refractivity contribution in [1.82, 2.24) is 0 Å². The highest BCUT2D eigenvalue weighted by atomic mass is 15.2. The van der Waals surface area contributed by atoms with Gasteiger partial charge in [-0.25, -0.2) is 0 Å². The van der Waals surface area contributed by atoms with Crippen molar-refractivity contribution in [2.45, 2.75) is 53.0 Å². The van der Waals surface area contributed by atoms with Crippen LogP contribution in [0.5, 0.6) is 0 Å². The van der Waals surface area contributed by atoms with Crippen molar-refractivity contribution in [3.63, 3.8) is 0 Å². The highest BCUT2D eigenvalue weighted by molar-refractivity contribution is 5.62. The van der Waals surface area contributed by atoms with Gasteiger partial charge >= 0.3 is 0 Å². The molecule has 17 heavy (non-hydrogen) atoms. The van der Waals surface area contributed by atoms with Gasteiger partial charge < -0.3 is 4.90 Å². The van der Waals surface area contributed by atoms with Crippen LogP contribution >= 0.6 is 0 Å². The molecule has 1 nitrogen and oxygen atoms in total. The van der Waals surface area contributed by atoms with Gasteiger partial charge in [0.15, 0.2) is 0 Å². The Morgan fingerprint density at radius 1 is 1.18 bits per heavy atom. The Bertz CT molecular complexity index is 379. The number of rotatable bonds is 3. The van der Waals surface area contributed by atoms with Crippen LogP contribution < -0.4 is 4.90 Å². The van der Waals surface area contributed by atoms with Gasteiger partial charge in [0.25, 0.3) is 0 Å². The Labute approximate surface area is 106 Å². The molecule has 1 aliphatic rings. The molecule has 0 bridgehead atoms. The summed E-state index contributed by atoms with van der Waals surface area (Å²) in [6, 6.07) is 7.48. The summed E-state index contributed by atoms with van der Waals surface area (Å²) in [5, 5.41) is 0. The van der Waals surface area contributed by atoms with Crippen LogP contribution in [0.3, 0.4) is 0 Å². The maximum absolute atomic E-state index is 2.59. The summed E-state index contributed by atoms with van der Waals surface area (Å²) < 4.78 is 0. The fourth-order valence-corrected chi connectivity index (χ4v) is 2.89. The van der Waals surface area contributed by atoms with Crippen LogP contribution in [0.4, 0.5) is 5.69 Å². The van der Waals surface area contributed by atoms with E-state index in [0.717, 1.165) is 5.92 Å². The van der Waals surface area contributed by atoms with Gasteiger partial charge in [-0.1, -0.05) is 32.0 Å². The molecular formula is C16H25N. The Morgan fingerprint density at radius 2 is 1.94 bits per heavy atom. The van der Waals surface area contributed by atoms with E-state index in [9.17, 15) is 0 Å². The van der Waals surface area contributed by atoms with E-state index in [2.05, 4.69) is 50.8 Å². The molecule has 1 aliphatic heterocycles. The average Bonchev–Trinajstić information content (AvgIpc) is 2.27. The third-order valence-electron chi connectivity index (χ3n) is 3.59. The van der Waals surface area contributed by atoms with Crippen molar-refractivity contribution in [1.29, 1.82) is 0 Å². The molecule has 0 fully saturated rings. The zero-order valence-electron chi connectivity index (χ0n) is 11.7. The molecule has 0 atom stereocenters. The minimum Gasteiger partial charge on any atom is -0.369 e. The van der Waals surface area contributed by atoms with Gasteiger partial charge in [-0.3, -0.25) is 0 Å². The smallest absolute Gasteiger partial charge is 0.0433 e. The van der Waals surface area contributed by atoms with Crippen molar-refractivity contribution in [3.8, 4) is 0 Å². The predicted molar refractivity (Wildman–Crippen MR) is 75.8 cm³/mol. The van der Waals surface area contributed by atoms with E-state index in [0.29, 0.717) is 6.04 Å². The van der Waals surface area contributed by atoms with Crippen LogP contribution in [0.2, 0.25) is 0 Å².